The second-order valence-corrected chi connectivity index (χ2v) is 1.44. The normalized spacial score (nSPS) is 9.62. The van der Waals surface area contributed by atoms with Gasteiger partial charge in [-0.25, -0.2) is 9.90 Å². The van der Waals surface area contributed by atoms with Crippen LogP contribution in [-0.4, -0.2) is 15.0 Å². The zero-order valence-corrected chi connectivity index (χ0v) is 4.59. The molecular formula is C4H7N3O. The highest BCUT2D eigenvalue weighted by atomic mass is 16.1. The van der Waals surface area contributed by atoms with Crippen LogP contribution in [0.3, 0.4) is 0 Å². The number of nitrogens with one attached hydrogen (secondary N) is 1. The Morgan fingerprint density at radius 2 is 2.75 bits per heavy atom. The molecule has 1 aromatic heterocycles. The summed E-state index contributed by atoms with van der Waals surface area (Å²) in [6.07, 6.45) is 1.25. The van der Waals surface area contributed by atoms with Gasteiger partial charge in [0.25, 0.3) is 5.56 Å². The van der Waals surface area contributed by atoms with Gasteiger partial charge in [-0.2, -0.15) is 5.10 Å². The first-order chi connectivity index (χ1) is 3.84. The topological polar surface area (TPSA) is 50.7 Å². The molecule has 0 saturated heterocycles. The van der Waals surface area contributed by atoms with Crippen molar-refractivity contribution in [3.63, 3.8) is 0 Å². The summed E-state index contributed by atoms with van der Waals surface area (Å²) < 4.78 is 1.42. The molecule has 1 rings (SSSR count). The molecule has 0 bridgehead atoms. The number of H-pyrrole nitrogens is 1. The van der Waals surface area contributed by atoms with Gasteiger partial charge in [0.1, 0.15) is 6.20 Å². The molecule has 0 aliphatic rings. The third-order valence-corrected chi connectivity index (χ3v) is 0.936. The Bertz CT molecular complexity index is 211. The van der Waals surface area contributed by atoms with Gasteiger partial charge in [-0.3, -0.25) is 4.79 Å². The van der Waals surface area contributed by atoms with E-state index >= 15 is 0 Å². The van der Waals surface area contributed by atoms with Gasteiger partial charge in [0.05, 0.1) is 0 Å². The first-order valence-corrected chi connectivity index (χ1v) is 2.45. The molecule has 4 heteroatoms. The monoisotopic (exact) mass is 113 g/mol. The second-order valence-electron chi connectivity index (χ2n) is 1.44. The maximum absolute atomic E-state index is 10.5. The number of rotatable bonds is 1. The molecule has 1 N–H and O–H groups in total. The van der Waals surface area contributed by atoms with E-state index in [-0.39, 0.29) is 5.56 Å². The van der Waals surface area contributed by atoms with Gasteiger partial charge in [0, 0.05) is 6.54 Å². The predicted molar refractivity (Wildman–Crippen MR) is 28.5 cm³/mol. The molecule has 0 unspecified atom stereocenters. The van der Waals surface area contributed by atoms with Crippen LogP contribution in [0.2, 0.25) is 0 Å². The van der Waals surface area contributed by atoms with Crippen LogP contribution in [0.5, 0.6) is 0 Å². The lowest BCUT2D eigenvalue weighted by Crippen LogP contribution is -2.13. The van der Waals surface area contributed by atoms with E-state index in [1.807, 2.05) is 6.92 Å². The van der Waals surface area contributed by atoms with Crippen LogP contribution in [0, 0.1) is 0 Å². The quantitative estimate of drug-likeness (QED) is 0.538. The Kier molecular flexibility index (Phi) is 1.15. The summed E-state index contributed by atoms with van der Waals surface area (Å²) in [5, 5.41) is 6.03. The molecule has 44 valence electrons. The van der Waals surface area contributed by atoms with E-state index < -0.39 is 0 Å². The summed E-state index contributed by atoms with van der Waals surface area (Å²) in [5.41, 5.74) is -0.0764. The molecule has 1 heterocycles. The van der Waals surface area contributed by atoms with E-state index in [4.69, 9.17) is 0 Å². The average molecular weight is 113 g/mol. The largest absolute Gasteiger partial charge is 0.286 e. The smallest absolute Gasteiger partial charge is 0.266 e. The molecule has 0 atom stereocenters. The number of nitrogens with zero attached hydrogens (tertiary/aromatic N) is 2. The molecule has 0 aliphatic carbocycles. The van der Waals surface area contributed by atoms with Crippen molar-refractivity contribution in [1.82, 2.24) is 15.0 Å². The van der Waals surface area contributed by atoms with E-state index in [2.05, 4.69) is 10.3 Å². The molecule has 8 heavy (non-hydrogen) atoms. The third kappa shape index (κ3) is 0.641. The highest BCUT2D eigenvalue weighted by Crippen LogP contribution is 1.66. The van der Waals surface area contributed by atoms with Crippen molar-refractivity contribution in [2.24, 2.45) is 0 Å². The summed E-state index contributed by atoms with van der Waals surface area (Å²) in [4.78, 5) is 10.5. The van der Waals surface area contributed by atoms with E-state index in [1.165, 1.54) is 10.9 Å². The Labute approximate surface area is 46.1 Å². The molecule has 0 saturated carbocycles. The van der Waals surface area contributed by atoms with Crippen LogP contribution in [0.4, 0.5) is 0 Å². The zero-order valence-electron chi connectivity index (χ0n) is 4.59. The summed E-state index contributed by atoms with van der Waals surface area (Å²) >= 11 is 0. The minimum absolute atomic E-state index is 0.0764. The fourth-order valence-corrected chi connectivity index (χ4v) is 0.499. The van der Waals surface area contributed by atoms with Crippen molar-refractivity contribution in [3.8, 4) is 0 Å². The van der Waals surface area contributed by atoms with Gasteiger partial charge >= 0.3 is 0 Å². The Morgan fingerprint density at radius 1 is 2.00 bits per heavy atom. The highest BCUT2D eigenvalue weighted by molar-refractivity contribution is 4.66. The summed E-state index contributed by atoms with van der Waals surface area (Å²) in [6.45, 7) is 2.53. The van der Waals surface area contributed by atoms with Gasteiger partial charge in [-0.15, -0.1) is 0 Å². The molecule has 0 fully saturated rings. The third-order valence-electron chi connectivity index (χ3n) is 0.936. The van der Waals surface area contributed by atoms with Crippen molar-refractivity contribution in [2.45, 2.75) is 13.5 Å². The maximum atomic E-state index is 10.5. The van der Waals surface area contributed by atoms with Gasteiger partial charge in [0.15, 0.2) is 0 Å². The maximum Gasteiger partial charge on any atom is 0.286 e. The lowest BCUT2D eigenvalue weighted by molar-refractivity contribution is 0.609. The van der Waals surface area contributed by atoms with Crippen LogP contribution in [0.15, 0.2) is 11.0 Å². The SMILES string of the molecule is CCn1[nH]ncc1=O. The fraction of sp³-hybridized carbons (Fsp3) is 0.500. The van der Waals surface area contributed by atoms with E-state index in [0.717, 1.165) is 0 Å². The second kappa shape index (κ2) is 1.81. The molecule has 0 radical (unpaired) electrons. The van der Waals surface area contributed by atoms with Crippen molar-refractivity contribution in [3.05, 3.63) is 16.6 Å². The minimum atomic E-state index is -0.0764. The number of hydrogen-bond acceptors (Lipinski definition) is 2. The molecular weight excluding hydrogens is 106 g/mol. The molecule has 4 nitrogen and oxygen atoms in total. The van der Waals surface area contributed by atoms with Crippen molar-refractivity contribution in [2.75, 3.05) is 0 Å². The number of hydrogen-bond donors (Lipinski definition) is 1. The van der Waals surface area contributed by atoms with E-state index in [1.54, 1.807) is 0 Å². The first kappa shape index (κ1) is 5.08. The standard InChI is InChI=1S/C4H7N3O/c1-2-7-4(8)3-5-6-7/h3,6H,2H2,1H3. The number of aromatic amines is 1. The van der Waals surface area contributed by atoms with Gasteiger partial charge < -0.3 is 0 Å². The Hall–Kier alpha value is -1.06. The van der Waals surface area contributed by atoms with Crippen LogP contribution in [0.25, 0.3) is 0 Å². The highest BCUT2D eigenvalue weighted by Gasteiger charge is 1.88. The first-order valence-electron chi connectivity index (χ1n) is 2.45. The zero-order chi connectivity index (χ0) is 5.98. The minimum Gasteiger partial charge on any atom is -0.266 e. The van der Waals surface area contributed by atoms with Crippen LogP contribution in [0.1, 0.15) is 6.92 Å². The molecule has 0 aliphatic heterocycles. The lowest BCUT2D eigenvalue weighted by Gasteiger charge is -1.87. The number of aryl methyl sites for hydroxylation is 1. The summed E-state index contributed by atoms with van der Waals surface area (Å²) in [7, 11) is 0. The van der Waals surface area contributed by atoms with Crippen molar-refractivity contribution < 1.29 is 0 Å². The fourth-order valence-electron chi connectivity index (χ4n) is 0.499. The molecule has 0 aromatic carbocycles. The van der Waals surface area contributed by atoms with Gasteiger partial charge in [-0.1, -0.05) is 0 Å². The van der Waals surface area contributed by atoms with Gasteiger partial charge in [0.2, 0.25) is 0 Å². The van der Waals surface area contributed by atoms with Crippen LogP contribution >= 0.6 is 0 Å². The van der Waals surface area contributed by atoms with Crippen LogP contribution in [-0.2, 0) is 6.54 Å². The molecule has 0 spiro atoms. The van der Waals surface area contributed by atoms with Gasteiger partial charge in [-0.05, 0) is 6.92 Å². The van der Waals surface area contributed by atoms with Crippen molar-refractivity contribution >= 4 is 0 Å². The molecule has 0 amide bonds. The Balaban J connectivity index is 3.11. The summed E-state index contributed by atoms with van der Waals surface area (Å²) in [6, 6.07) is 0. The van der Waals surface area contributed by atoms with Crippen LogP contribution < -0.4 is 5.56 Å². The average Bonchev–Trinajstić information content (AvgIpc) is 2.14. The van der Waals surface area contributed by atoms with E-state index in [0.29, 0.717) is 6.54 Å². The van der Waals surface area contributed by atoms with E-state index in [9.17, 15) is 4.79 Å². The lowest BCUT2D eigenvalue weighted by atomic mass is 10.7. The van der Waals surface area contributed by atoms with Crippen molar-refractivity contribution in [1.29, 1.82) is 0 Å². The predicted octanol–water partition coefficient (Wildman–Crippen LogP) is -0.409. The number of aromatic nitrogens is 3. The summed E-state index contributed by atoms with van der Waals surface area (Å²) in [5.74, 6) is 0. The Morgan fingerprint density at radius 3 is 3.00 bits per heavy atom. The molecule has 1 aromatic rings.